The van der Waals surface area contributed by atoms with Gasteiger partial charge in [-0.05, 0) is 54.7 Å². The molecule has 0 aliphatic carbocycles. The van der Waals surface area contributed by atoms with Crippen LogP contribution >= 0.6 is 0 Å². The molecule has 1 fully saturated rings. The Balaban J connectivity index is 1.52. The second-order valence-electron chi connectivity index (χ2n) is 14.7. The fourth-order valence-electron chi connectivity index (χ4n) is 6.67. The number of aromatic nitrogens is 1. The minimum atomic E-state index is -1.62. The number of hydrogen-bond acceptors (Lipinski definition) is 11. The maximum atomic E-state index is 14.2. The maximum absolute atomic E-state index is 14.2. The summed E-state index contributed by atoms with van der Waals surface area (Å²) in [7, 11) is 1.39. The second-order valence-corrected chi connectivity index (χ2v) is 14.7. The smallest absolute Gasteiger partial charge is 0.246 e. The van der Waals surface area contributed by atoms with E-state index in [1.54, 1.807) is 12.1 Å². The van der Waals surface area contributed by atoms with E-state index in [1.807, 2.05) is 42.5 Å². The highest BCUT2D eigenvalue weighted by Gasteiger charge is 2.44. The van der Waals surface area contributed by atoms with Crippen LogP contribution in [0.3, 0.4) is 0 Å². The van der Waals surface area contributed by atoms with Crippen LogP contribution in [0.15, 0.2) is 67.0 Å². The molecule has 1 aliphatic rings. The van der Waals surface area contributed by atoms with E-state index in [1.165, 1.54) is 33.3 Å². The molecule has 17 nitrogen and oxygen atoms in total. The SMILES string of the molecule is CC(=O)CC[C@H](NC(=O)C1(NC(=O)[C@@H](N)Cc2ccc3ccccc3c2)CCOCC1)C(=O)N[C@@H](CC(N)=O)C(=O)N[C@@H](Cc1cccnc1)C(=O)N(C)CC(C)=O. The Morgan fingerprint density at radius 2 is 1.47 bits per heavy atom. The number of rotatable bonds is 20. The van der Waals surface area contributed by atoms with Crippen LogP contribution in [0.1, 0.15) is 57.1 Å². The Morgan fingerprint density at radius 3 is 2.10 bits per heavy atom. The fraction of sp³-hybridized carbons (Fsp3) is 0.439. The Morgan fingerprint density at radius 1 is 0.793 bits per heavy atom. The molecule has 310 valence electrons. The van der Waals surface area contributed by atoms with Crippen molar-refractivity contribution in [3.63, 3.8) is 0 Å². The molecule has 1 aromatic heterocycles. The number of amides is 6. The summed E-state index contributed by atoms with van der Waals surface area (Å²) in [5.74, 6) is -5.39. The number of carbonyl (C=O) groups is 8. The number of hydrogen-bond donors (Lipinski definition) is 6. The first kappa shape index (κ1) is 44.6. The monoisotopic (exact) mass is 800 g/mol. The van der Waals surface area contributed by atoms with Crippen molar-refractivity contribution in [3.8, 4) is 0 Å². The molecule has 58 heavy (non-hydrogen) atoms. The maximum Gasteiger partial charge on any atom is 0.246 e. The van der Waals surface area contributed by atoms with Crippen LogP contribution in [0.5, 0.6) is 0 Å². The highest BCUT2D eigenvalue weighted by atomic mass is 16.5. The molecule has 0 unspecified atom stereocenters. The first-order chi connectivity index (χ1) is 27.6. The van der Waals surface area contributed by atoms with Crippen LogP contribution in [-0.4, -0.2) is 113 Å². The number of ketones is 2. The topological polar surface area (TPSA) is 262 Å². The van der Waals surface area contributed by atoms with Crippen LogP contribution in [0.4, 0.5) is 0 Å². The molecule has 0 radical (unpaired) electrons. The van der Waals surface area contributed by atoms with E-state index < -0.39 is 71.6 Å². The number of primary amides is 1. The van der Waals surface area contributed by atoms with E-state index in [9.17, 15) is 38.4 Å². The van der Waals surface area contributed by atoms with Crippen molar-refractivity contribution in [2.75, 3.05) is 26.8 Å². The van der Waals surface area contributed by atoms with Crippen molar-refractivity contribution >= 4 is 57.8 Å². The number of benzene rings is 2. The zero-order valence-corrected chi connectivity index (χ0v) is 33.0. The van der Waals surface area contributed by atoms with E-state index in [-0.39, 0.29) is 69.8 Å². The van der Waals surface area contributed by atoms with E-state index in [2.05, 4.69) is 26.3 Å². The minimum absolute atomic E-state index is 0.0430. The standard InChI is InChI=1S/C41H52N8O9/c1-25(50)10-13-32(37(54)45-33(22-35(43)52)38(55)46-34(21-28-7-6-16-44-23-28)39(56)49(3)24-26(2)51)47-40(57)41(14-17-58-18-15-41)48-36(53)31(42)20-27-11-12-29-8-4-5-9-30(29)19-27/h4-9,11-12,16,19,23,31-34H,10,13-15,17-18,20-22,24,42H2,1-3H3,(H2,43,52)(H,45,54)(H,46,55)(H,47,57)(H,48,53)/t31-,32-,33-,34-/m0/s1. The first-order valence-corrected chi connectivity index (χ1v) is 19.0. The lowest BCUT2D eigenvalue weighted by molar-refractivity contribution is -0.141. The van der Waals surface area contributed by atoms with Crippen molar-refractivity contribution < 1.29 is 43.1 Å². The number of nitrogens with zero attached hydrogens (tertiary/aromatic N) is 2. The number of fused-ring (bicyclic) bond motifs is 1. The van der Waals surface area contributed by atoms with Gasteiger partial charge in [-0.2, -0.15) is 0 Å². The highest BCUT2D eigenvalue weighted by Crippen LogP contribution is 2.23. The van der Waals surface area contributed by atoms with E-state index in [0.717, 1.165) is 21.2 Å². The molecule has 4 atom stereocenters. The Hall–Kier alpha value is -6.07. The van der Waals surface area contributed by atoms with Gasteiger partial charge in [0.1, 0.15) is 35.2 Å². The van der Waals surface area contributed by atoms with E-state index >= 15 is 0 Å². The van der Waals surface area contributed by atoms with E-state index in [4.69, 9.17) is 16.2 Å². The van der Waals surface area contributed by atoms with Gasteiger partial charge in [0.05, 0.1) is 19.0 Å². The van der Waals surface area contributed by atoms with Gasteiger partial charge in [0, 0.05) is 58.3 Å². The van der Waals surface area contributed by atoms with Crippen molar-refractivity contribution in [2.24, 2.45) is 11.5 Å². The highest BCUT2D eigenvalue weighted by molar-refractivity contribution is 5.99. The quantitative estimate of drug-likeness (QED) is 0.0869. The van der Waals surface area contributed by atoms with Gasteiger partial charge in [-0.15, -0.1) is 0 Å². The Labute approximate surface area is 336 Å². The number of pyridine rings is 1. The third-order valence-corrected chi connectivity index (χ3v) is 9.81. The zero-order valence-electron chi connectivity index (χ0n) is 33.0. The van der Waals surface area contributed by atoms with E-state index in [0.29, 0.717) is 5.56 Å². The van der Waals surface area contributed by atoms with Crippen molar-refractivity contribution in [1.29, 1.82) is 0 Å². The lowest BCUT2D eigenvalue weighted by Crippen LogP contribution is -2.66. The summed E-state index contributed by atoms with van der Waals surface area (Å²) in [5.41, 5.74) is 11.7. The van der Waals surface area contributed by atoms with Crippen LogP contribution in [0, 0.1) is 0 Å². The van der Waals surface area contributed by atoms with Gasteiger partial charge in [0.25, 0.3) is 0 Å². The van der Waals surface area contributed by atoms with Gasteiger partial charge in [-0.3, -0.25) is 38.5 Å². The molecule has 4 rings (SSSR count). The summed E-state index contributed by atoms with van der Waals surface area (Å²) in [6, 6.07) is 11.5. The Kier molecular flexibility index (Phi) is 16.1. The molecule has 1 saturated heterocycles. The molecule has 6 amide bonds. The third-order valence-electron chi connectivity index (χ3n) is 9.81. The normalized spacial score (nSPS) is 15.4. The minimum Gasteiger partial charge on any atom is -0.381 e. The number of ether oxygens (including phenoxy) is 1. The lowest BCUT2D eigenvalue weighted by atomic mass is 9.87. The Bertz CT molecular complexity index is 1990. The molecule has 0 saturated carbocycles. The van der Waals surface area contributed by atoms with Gasteiger partial charge in [0.2, 0.25) is 35.4 Å². The van der Waals surface area contributed by atoms with Crippen molar-refractivity contribution in [3.05, 3.63) is 78.1 Å². The van der Waals surface area contributed by atoms with Crippen molar-refractivity contribution in [2.45, 2.75) is 88.5 Å². The van der Waals surface area contributed by atoms with Gasteiger partial charge < -0.3 is 47.2 Å². The average molecular weight is 801 g/mol. The molecule has 1 aliphatic heterocycles. The zero-order chi connectivity index (χ0) is 42.4. The van der Waals surface area contributed by atoms with Gasteiger partial charge in [-0.25, -0.2) is 0 Å². The van der Waals surface area contributed by atoms with Crippen LogP contribution in [-0.2, 0) is 55.9 Å². The predicted octanol–water partition coefficient (Wildman–Crippen LogP) is -0.241. The van der Waals surface area contributed by atoms with Crippen LogP contribution in [0.2, 0.25) is 0 Å². The van der Waals surface area contributed by atoms with Crippen LogP contribution in [0.25, 0.3) is 10.8 Å². The summed E-state index contributed by atoms with van der Waals surface area (Å²) in [5, 5.41) is 12.5. The molecule has 17 heteroatoms. The summed E-state index contributed by atoms with van der Waals surface area (Å²) >= 11 is 0. The molecule has 2 heterocycles. The first-order valence-electron chi connectivity index (χ1n) is 19.0. The molecule has 0 spiro atoms. The molecule has 2 aromatic carbocycles. The molecule has 0 bridgehead atoms. The summed E-state index contributed by atoms with van der Waals surface area (Å²) in [4.78, 5) is 110. The fourth-order valence-corrected chi connectivity index (χ4v) is 6.67. The predicted molar refractivity (Wildman–Crippen MR) is 212 cm³/mol. The summed E-state index contributed by atoms with van der Waals surface area (Å²) in [6.45, 7) is 2.60. The summed E-state index contributed by atoms with van der Waals surface area (Å²) in [6.07, 6.45) is 2.23. The third kappa shape index (κ3) is 13.0. The number of nitrogens with one attached hydrogen (secondary N) is 4. The molecular formula is C41H52N8O9. The average Bonchev–Trinajstić information content (AvgIpc) is 3.18. The lowest BCUT2D eigenvalue weighted by Gasteiger charge is -2.38. The number of nitrogens with two attached hydrogens (primary N) is 2. The van der Waals surface area contributed by atoms with Crippen molar-refractivity contribution in [1.82, 2.24) is 31.2 Å². The van der Waals surface area contributed by atoms with Gasteiger partial charge >= 0.3 is 0 Å². The largest absolute Gasteiger partial charge is 0.381 e. The van der Waals surface area contributed by atoms with Crippen LogP contribution < -0.4 is 32.7 Å². The summed E-state index contributed by atoms with van der Waals surface area (Å²) < 4.78 is 5.50. The number of likely N-dealkylation sites (N-methyl/N-ethyl adjacent to an activating group) is 1. The number of Topliss-reactive ketones (excluding diaryl/α,β-unsaturated/α-hetero) is 2. The second kappa shape index (κ2) is 20.9. The molecule has 3 aromatic rings. The van der Waals surface area contributed by atoms with Gasteiger partial charge in [-0.1, -0.05) is 48.5 Å². The molecular weight excluding hydrogens is 748 g/mol. The molecule has 8 N–H and O–H groups in total. The van der Waals surface area contributed by atoms with Gasteiger partial charge in [0.15, 0.2) is 0 Å². The number of carbonyl (C=O) groups excluding carboxylic acids is 8.